The Hall–Kier alpha value is -2.28. The Morgan fingerprint density at radius 1 is 1.11 bits per heavy atom. The molecule has 7 heteroatoms. The molecule has 2 N–H and O–H groups in total. The number of hydrogen-bond donors (Lipinski definition) is 2. The minimum absolute atomic E-state index is 0.203. The second-order valence-electron chi connectivity index (χ2n) is 7.36. The average molecular weight is 406 g/mol. The van der Waals surface area contributed by atoms with E-state index in [-0.39, 0.29) is 6.54 Å². The predicted octanol–water partition coefficient (Wildman–Crippen LogP) is 2.99. The number of sulfone groups is 1. The number of fused-ring (bicyclic) bond motifs is 1. The highest BCUT2D eigenvalue weighted by Crippen LogP contribution is 2.20. The summed E-state index contributed by atoms with van der Waals surface area (Å²) in [4.78, 5) is 4.42. The van der Waals surface area contributed by atoms with Crippen LogP contribution in [-0.4, -0.2) is 51.6 Å². The van der Waals surface area contributed by atoms with Gasteiger partial charge in [0, 0.05) is 19.3 Å². The lowest BCUT2D eigenvalue weighted by atomic mass is 10.1. The van der Waals surface area contributed by atoms with E-state index in [4.69, 9.17) is 4.74 Å². The predicted molar refractivity (Wildman–Crippen MR) is 117 cm³/mol. The van der Waals surface area contributed by atoms with Crippen LogP contribution in [0.4, 0.5) is 0 Å². The highest BCUT2D eigenvalue weighted by molar-refractivity contribution is 7.92. The van der Waals surface area contributed by atoms with Crippen LogP contribution in [0.25, 0.3) is 10.8 Å². The first kappa shape index (κ1) is 22.0. The third-order valence-electron chi connectivity index (χ3n) is 4.57. The molecule has 0 radical (unpaired) electrons. The first-order chi connectivity index (χ1) is 13.2. The molecule has 0 aliphatic rings. The van der Waals surface area contributed by atoms with Gasteiger partial charge in [-0.3, -0.25) is 4.99 Å². The number of aliphatic imine (C=N–C) groups is 1. The average Bonchev–Trinajstić information content (AvgIpc) is 2.64. The van der Waals surface area contributed by atoms with Crippen molar-refractivity contribution >= 4 is 26.6 Å². The maximum Gasteiger partial charge on any atom is 0.191 e. The van der Waals surface area contributed by atoms with Gasteiger partial charge < -0.3 is 15.4 Å². The molecule has 28 heavy (non-hydrogen) atoms. The van der Waals surface area contributed by atoms with Crippen LogP contribution in [0.5, 0.6) is 5.75 Å². The Labute approximate surface area is 168 Å². The lowest BCUT2D eigenvalue weighted by Gasteiger charge is -2.21. The van der Waals surface area contributed by atoms with Crippen LogP contribution < -0.4 is 15.4 Å². The van der Waals surface area contributed by atoms with Crippen LogP contribution in [0, 0.1) is 0 Å². The molecule has 2 rings (SSSR count). The second-order valence-corrected chi connectivity index (χ2v) is 10.0. The molecule has 0 saturated carbocycles. The van der Waals surface area contributed by atoms with Gasteiger partial charge in [-0.25, -0.2) is 8.42 Å². The fraction of sp³-hybridized carbons (Fsp3) is 0.476. The summed E-state index contributed by atoms with van der Waals surface area (Å²) in [7, 11) is -3.17. The third-order valence-corrected chi connectivity index (χ3v) is 6.71. The fourth-order valence-corrected chi connectivity index (χ4v) is 2.75. The van der Waals surface area contributed by atoms with Gasteiger partial charge in [-0.05, 0) is 50.1 Å². The summed E-state index contributed by atoms with van der Waals surface area (Å²) in [6, 6.07) is 14.3. The fourth-order valence-electron chi connectivity index (χ4n) is 2.45. The minimum atomic E-state index is -3.17. The maximum absolute atomic E-state index is 11.8. The molecule has 0 fully saturated rings. The molecule has 154 valence electrons. The van der Waals surface area contributed by atoms with Crippen molar-refractivity contribution in [2.45, 2.75) is 31.9 Å². The van der Waals surface area contributed by atoms with E-state index in [1.807, 2.05) is 31.2 Å². The van der Waals surface area contributed by atoms with Crippen LogP contribution in [0.2, 0.25) is 0 Å². The van der Waals surface area contributed by atoms with Gasteiger partial charge in [0.1, 0.15) is 5.75 Å². The van der Waals surface area contributed by atoms with Crippen molar-refractivity contribution in [1.82, 2.24) is 10.6 Å². The van der Waals surface area contributed by atoms with Crippen molar-refractivity contribution < 1.29 is 13.2 Å². The first-order valence-electron chi connectivity index (χ1n) is 9.56. The van der Waals surface area contributed by atoms with Crippen molar-refractivity contribution in [2.24, 2.45) is 4.99 Å². The van der Waals surface area contributed by atoms with E-state index in [1.54, 1.807) is 13.8 Å². The van der Waals surface area contributed by atoms with Crippen LogP contribution in [0.3, 0.4) is 0 Å². The van der Waals surface area contributed by atoms with Crippen molar-refractivity contribution in [3.05, 3.63) is 42.5 Å². The van der Waals surface area contributed by atoms with E-state index in [9.17, 15) is 8.42 Å². The Kier molecular flexibility index (Phi) is 7.69. The molecular weight excluding hydrogens is 374 g/mol. The SMILES string of the molecule is CCNC(=NCC(C)(C)S(C)(=O)=O)NCCCOc1ccc2ccccc2c1. The van der Waals surface area contributed by atoms with E-state index in [1.165, 1.54) is 11.6 Å². The number of nitrogens with one attached hydrogen (secondary N) is 2. The summed E-state index contributed by atoms with van der Waals surface area (Å²) in [5, 5.41) is 8.72. The molecule has 0 heterocycles. The quantitative estimate of drug-likeness (QED) is 0.381. The highest BCUT2D eigenvalue weighted by Gasteiger charge is 2.29. The van der Waals surface area contributed by atoms with E-state index in [0.717, 1.165) is 17.6 Å². The molecule has 2 aromatic carbocycles. The molecule has 0 atom stereocenters. The highest BCUT2D eigenvalue weighted by atomic mass is 32.2. The molecule has 0 aliphatic heterocycles. The van der Waals surface area contributed by atoms with Crippen molar-refractivity contribution in [3.63, 3.8) is 0 Å². The normalized spacial score (nSPS) is 12.8. The third kappa shape index (κ3) is 6.41. The standard InChI is InChI=1S/C21H31N3O3S/c1-5-22-20(24-16-21(2,3)28(4,25)26)23-13-8-14-27-19-12-11-17-9-6-7-10-18(17)15-19/h6-7,9-12,15H,5,8,13-14,16H2,1-4H3,(H2,22,23,24). The summed E-state index contributed by atoms with van der Waals surface area (Å²) in [6.07, 6.45) is 2.04. The summed E-state index contributed by atoms with van der Waals surface area (Å²) < 4.78 is 28.6. The number of nitrogens with zero attached hydrogens (tertiary/aromatic N) is 1. The first-order valence-corrected chi connectivity index (χ1v) is 11.5. The lowest BCUT2D eigenvalue weighted by molar-refractivity contribution is 0.311. The zero-order valence-electron chi connectivity index (χ0n) is 17.2. The van der Waals surface area contributed by atoms with Gasteiger partial charge >= 0.3 is 0 Å². The Balaban J connectivity index is 1.81. The number of guanidine groups is 1. The van der Waals surface area contributed by atoms with Gasteiger partial charge in [0.15, 0.2) is 15.8 Å². The molecule has 2 aromatic rings. The molecule has 0 aromatic heterocycles. The van der Waals surface area contributed by atoms with Crippen LogP contribution in [0.1, 0.15) is 27.2 Å². The molecule has 0 bridgehead atoms. The molecule has 0 unspecified atom stereocenters. The molecule has 0 spiro atoms. The second kappa shape index (κ2) is 9.78. The Morgan fingerprint density at radius 2 is 1.82 bits per heavy atom. The van der Waals surface area contributed by atoms with Gasteiger partial charge in [0.05, 0.1) is 17.9 Å². The van der Waals surface area contributed by atoms with Gasteiger partial charge in [-0.15, -0.1) is 0 Å². The summed E-state index contributed by atoms with van der Waals surface area (Å²) in [5.41, 5.74) is 0. The Morgan fingerprint density at radius 3 is 2.50 bits per heavy atom. The molecular formula is C21H31N3O3S. The van der Waals surface area contributed by atoms with E-state index in [0.29, 0.717) is 25.7 Å². The summed E-state index contributed by atoms with van der Waals surface area (Å²) in [6.45, 7) is 7.52. The Bertz CT molecular complexity index is 908. The van der Waals surface area contributed by atoms with Crippen LogP contribution in [0.15, 0.2) is 47.5 Å². The summed E-state index contributed by atoms with van der Waals surface area (Å²) >= 11 is 0. The zero-order valence-corrected chi connectivity index (χ0v) is 18.0. The van der Waals surface area contributed by atoms with Crippen molar-refractivity contribution in [3.8, 4) is 5.75 Å². The van der Waals surface area contributed by atoms with Gasteiger partial charge in [0.25, 0.3) is 0 Å². The van der Waals surface area contributed by atoms with Gasteiger partial charge in [-0.2, -0.15) is 0 Å². The number of rotatable bonds is 9. The van der Waals surface area contributed by atoms with Crippen LogP contribution in [-0.2, 0) is 9.84 Å². The van der Waals surface area contributed by atoms with Crippen molar-refractivity contribution in [1.29, 1.82) is 0 Å². The van der Waals surface area contributed by atoms with Gasteiger partial charge in [-0.1, -0.05) is 30.3 Å². The number of benzene rings is 2. The molecule has 0 saturated heterocycles. The van der Waals surface area contributed by atoms with E-state index in [2.05, 4.69) is 33.8 Å². The van der Waals surface area contributed by atoms with Crippen molar-refractivity contribution in [2.75, 3.05) is 32.5 Å². The number of hydrogen-bond acceptors (Lipinski definition) is 4. The zero-order chi connectivity index (χ0) is 20.6. The molecule has 6 nitrogen and oxygen atoms in total. The van der Waals surface area contributed by atoms with E-state index < -0.39 is 14.6 Å². The minimum Gasteiger partial charge on any atom is -0.494 e. The largest absolute Gasteiger partial charge is 0.494 e. The smallest absolute Gasteiger partial charge is 0.191 e. The molecule has 0 aliphatic carbocycles. The monoisotopic (exact) mass is 405 g/mol. The number of ether oxygens (including phenoxy) is 1. The maximum atomic E-state index is 11.8. The summed E-state index contributed by atoms with van der Waals surface area (Å²) in [5.74, 6) is 1.47. The van der Waals surface area contributed by atoms with Gasteiger partial charge in [0.2, 0.25) is 0 Å². The molecule has 0 amide bonds. The van der Waals surface area contributed by atoms with E-state index >= 15 is 0 Å². The topological polar surface area (TPSA) is 79.8 Å². The van der Waals surface area contributed by atoms with Crippen LogP contribution >= 0.6 is 0 Å². The lowest BCUT2D eigenvalue weighted by Crippen LogP contribution is -2.41.